The molecule has 1 aromatic carbocycles. The molecule has 0 saturated heterocycles. The van der Waals surface area contributed by atoms with Crippen molar-refractivity contribution in [2.24, 2.45) is 0 Å². The van der Waals surface area contributed by atoms with Crippen LogP contribution in [0.3, 0.4) is 0 Å². The Bertz CT molecular complexity index is 606. The molecular weight excluding hydrogens is 242 g/mol. The zero-order valence-electron chi connectivity index (χ0n) is 10.6. The first kappa shape index (κ1) is 11.8. The maximum atomic E-state index is 12.2. The van der Waals surface area contributed by atoms with E-state index >= 15 is 0 Å². The van der Waals surface area contributed by atoms with Crippen molar-refractivity contribution in [2.75, 3.05) is 11.9 Å². The van der Waals surface area contributed by atoms with Gasteiger partial charge in [0, 0.05) is 17.3 Å². The zero-order chi connectivity index (χ0) is 13.2. The lowest BCUT2D eigenvalue weighted by Crippen LogP contribution is -2.22. The number of carbonyl (C=O) groups excluding carboxylic acids is 1. The van der Waals surface area contributed by atoms with Crippen LogP contribution in [0, 0.1) is 0 Å². The molecule has 98 valence electrons. The second-order valence-electron chi connectivity index (χ2n) is 4.52. The number of benzene rings is 1. The number of H-pyrrole nitrogens is 1. The fourth-order valence-electron chi connectivity index (χ4n) is 2.20. The summed E-state index contributed by atoms with van der Waals surface area (Å²) in [6.45, 7) is 2.41. The van der Waals surface area contributed by atoms with E-state index in [9.17, 15) is 4.79 Å². The largest absolute Gasteiger partial charge is 0.492 e. The van der Waals surface area contributed by atoms with Crippen LogP contribution in [0.1, 0.15) is 24.1 Å². The molecule has 2 aromatic rings. The summed E-state index contributed by atoms with van der Waals surface area (Å²) in [6, 6.07) is 9.47. The minimum absolute atomic E-state index is 0.0842. The molecule has 1 aliphatic heterocycles. The fourth-order valence-corrected chi connectivity index (χ4v) is 2.20. The summed E-state index contributed by atoms with van der Waals surface area (Å²) < 4.78 is 5.51. The molecule has 3 rings (SSSR count). The average Bonchev–Trinajstić information content (AvgIpc) is 3.04. The number of aromatic amines is 1. The van der Waals surface area contributed by atoms with Crippen molar-refractivity contribution in [3.05, 3.63) is 41.6 Å². The van der Waals surface area contributed by atoms with Crippen LogP contribution >= 0.6 is 0 Å². The standard InChI is InChI=1S/C14H15N3O2/c1-2-9-7-13(17-16-9)15-14(18)11-8-19-12-6-4-3-5-10(11)12/h3-7,11H,2,8H2,1H3,(H2,15,16,17,18). The van der Waals surface area contributed by atoms with Crippen LogP contribution in [0.5, 0.6) is 5.75 Å². The van der Waals surface area contributed by atoms with E-state index in [2.05, 4.69) is 15.5 Å². The Balaban J connectivity index is 1.75. The van der Waals surface area contributed by atoms with Crippen molar-refractivity contribution in [3.63, 3.8) is 0 Å². The van der Waals surface area contributed by atoms with Crippen LogP contribution < -0.4 is 10.1 Å². The maximum Gasteiger partial charge on any atom is 0.236 e. The normalized spacial score (nSPS) is 16.8. The zero-order valence-corrected chi connectivity index (χ0v) is 10.6. The van der Waals surface area contributed by atoms with Crippen LogP contribution in [-0.4, -0.2) is 22.7 Å². The topological polar surface area (TPSA) is 67.0 Å². The van der Waals surface area contributed by atoms with E-state index in [-0.39, 0.29) is 11.8 Å². The molecule has 1 amide bonds. The molecule has 1 aromatic heterocycles. The van der Waals surface area contributed by atoms with Crippen molar-refractivity contribution < 1.29 is 9.53 Å². The number of carbonyl (C=O) groups is 1. The van der Waals surface area contributed by atoms with E-state index < -0.39 is 0 Å². The smallest absolute Gasteiger partial charge is 0.236 e. The molecule has 0 fully saturated rings. The van der Waals surface area contributed by atoms with Gasteiger partial charge in [0.05, 0.1) is 0 Å². The number of aromatic nitrogens is 2. The van der Waals surface area contributed by atoms with Crippen molar-refractivity contribution in [1.82, 2.24) is 10.2 Å². The quantitative estimate of drug-likeness (QED) is 0.884. The first-order valence-electron chi connectivity index (χ1n) is 6.35. The van der Waals surface area contributed by atoms with Crippen molar-refractivity contribution >= 4 is 11.7 Å². The number of aryl methyl sites for hydroxylation is 1. The minimum Gasteiger partial charge on any atom is -0.492 e. The Morgan fingerprint density at radius 1 is 1.53 bits per heavy atom. The lowest BCUT2D eigenvalue weighted by atomic mass is 10.0. The van der Waals surface area contributed by atoms with Crippen LogP contribution in [0.15, 0.2) is 30.3 Å². The van der Waals surface area contributed by atoms with Crippen molar-refractivity contribution in [1.29, 1.82) is 0 Å². The second-order valence-corrected chi connectivity index (χ2v) is 4.52. The summed E-state index contributed by atoms with van der Waals surface area (Å²) in [5, 5.41) is 9.75. The van der Waals surface area contributed by atoms with Gasteiger partial charge >= 0.3 is 0 Å². The molecule has 5 nitrogen and oxygen atoms in total. The molecule has 0 spiro atoms. The third-order valence-corrected chi connectivity index (χ3v) is 3.28. The number of nitrogens with one attached hydrogen (secondary N) is 2. The molecule has 2 heterocycles. The summed E-state index contributed by atoms with van der Waals surface area (Å²) in [7, 11) is 0. The average molecular weight is 257 g/mol. The molecule has 1 atom stereocenters. The first-order chi connectivity index (χ1) is 9.28. The first-order valence-corrected chi connectivity index (χ1v) is 6.35. The van der Waals surface area contributed by atoms with Crippen LogP contribution in [0.2, 0.25) is 0 Å². The summed E-state index contributed by atoms with van der Waals surface area (Å²) >= 11 is 0. The van der Waals surface area contributed by atoms with Gasteiger partial charge in [-0.25, -0.2) is 0 Å². The lowest BCUT2D eigenvalue weighted by Gasteiger charge is -2.07. The van der Waals surface area contributed by atoms with Gasteiger partial charge in [-0.05, 0) is 12.5 Å². The molecule has 2 N–H and O–H groups in total. The van der Waals surface area contributed by atoms with Crippen LogP contribution in [-0.2, 0) is 11.2 Å². The van der Waals surface area contributed by atoms with Gasteiger partial charge in [0.15, 0.2) is 5.82 Å². The lowest BCUT2D eigenvalue weighted by molar-refractivity contribution is -0.117. The molecule has 19 heavy (non-hydrogen) atoms. The molecule has 1 aliphatic rings. The van der Waals surface area contributed by atoms with Gasteiger partial charge in [0.1, 0.15) is 18.3 Å². The van der Waals surface area contributed by atoms with E-state index in [4.69, 9.17) is 4.74 Å². The number of hydrogen-bond acceptors (Lipinski definition) is 3. The Morgan fingerprint density at radius 2 is 2.37 bits per heavy atom. The highest BCUT2D eigenvalue weighted by Crippen LogP contribution is 2.33. The third-order valence-electron chi connectivity index (χ3n) is 3.28. The monoisotopic (exact) mass is 257 g/mol. The highest BCUT2D eigenvalue weighted by atomic mass is 16.5. The Morgan fingerprint density at radius 3 is 3.16 bits per heavy atom. The Hall–Kier alpha value is -2.30. The number of nitrogens with zero attached hydrogens (tertiary/aromatic N) is 1. The van der Waals surface area contributed by atoms with Crippen molar-refractivity contribution in [2.45, 2.75) is 19.3 Å². The van der Waals surface area contributed by atoms with Gasteiger partial charge in [-0.2, -0.15) is 5.10 Å². The molecular formula is C14H15N3O2. The van der Waals surface area contributed by atoms with E-state index in [1.54, 1.807) is 0 Å². The number of hydrogen-bond donors (Lipinski definition) is 2. The number of fused-ring (bicyclic) bond motifs is 1. The molecule has 0 bridgehead atoms. The van der Waals surface area contributed by atoms with Crippen molar-refractivity contribution in [3.8, 4) is 5.75 Å². The maximum absolute atomic E-state index is 12.2. The molecule has 0 aliphatic carbocycles. The second kappa shape index (κ2) is 4.76. The van der Waals surface area contributed by atoms with E-state index in [0.29, 0.717) is 12.4 Å². The van der Waals surface area contributed by atoms with Crippen LogP contribution in [0.4, 0.5) is 5.82 Å². The number of ether oxygens (including phenoxy) is 1. The summed E-state index contributed by atoms with van der Waals surface area (Å²) in [5.41, 5.74) is 1.93. The minimum atomic E-state index is -0.266. The van der Waals surface area contributed by atoms with Gasteiger partial charge in [-0.3, -0.25) is 9.89 Å². The molecule has 0 saturated carbocycles. The van der Waals surface area contributed by atoms with E-state index in [1.807, 2.05) is 37.3 Å². The summed E-state index contributed by atoms with van der Waals surface area (Å²) in [4.78, 5) is 12.2. The number of para-hydroxylation sites is 1. The molecule has 1 unspecified atom stereocenters. The van der Waals surface area contributed by atoms with Gasteiger partial charge in [0.2, 0.25) is 5.91 Å². The van der Waals surface area contributed by atoms with Gasteiger partial charge in [-0.1, -0.05) is 25.1 Å². The number of rotatable bonds is 3. The molecule has 5 heteroatoms. The van der Waals surface area contributed by atoms with E-state index in [0.717, 1.165) is 23.4 Å². The third kappa shape index (κ3) is 2.19. The predicted octanol–water partition coefficient (Wildman–Crippen LogP) is 2.09. The van der Waals surface area contributed by atoms with Crippen LogP contribution in [0.25, 0.3) is 0 Å². The van der Waals surface area contributed by atoms with E-state index in [1.165, 1.54) is 0 Å². The summed E-state index contributed by atoms with van der Waals surface area (Å²) in [5.74, 6) is 1.00. The van der Waals surface area contributed by atoms with Gasteiger partial charge in [-0.15, -0.1) is 0 Å². The highest BCUT2D eigenvalue weighted by molar-refractivity contribution is 5.96. The highest BCUT2D eigenvalue weighted by Gasteiger charge is 2.30. The SMILES string of the molecule is CCc1cc(NC(=O)C2COc3ccccc32)n[nH]1. The Labute approximate surface area is 111 Å². The van der Waals surface area contributed by atoms with Gasteiger partial charge in [0.25, 0.3) is 0 Å². The number of anilines is 1. The molecule has 0 radical (unpaired) electrons. The number of amides is 1. The van der Waals surface area contributed by atoms with Gasteiger partial charge < -0.3 is 10.1 Å². The Kier molecular flexibility index (Phi) is 2.95. The predicted molar refractivity (Wildman–Crippen MR) is 71.3 cm³/mol. The fraction of sp³-hybridized carbons (Fsp3) is 0.286. The summed E-state index contributed by atoms with van der Waals surface area (Å²) in [6.07, 6.45) is 0.859.